The van der Waals surface area contributed by atoms with Crippen molar-refractivity contribution in [3.63, 3.8) is 0 Å². The molecule has 0 radical (unpaired) electrons. The van der Waals surface area contributed by atoms with Gasteiger partial charge in [0.25, 0.3) is 0 Å². The van der Waals surface area contributed by atoms with Crippen LogP contribution in [-0.2, 0) is 26.8 Å². The number of carbonyl (C=O) groups excluding carboxylic acids is 2. The molecule has 1 aliphatic carbocycles. The molecular weight excluding hydrogens is 362 g/mol. The summed E-state index contributed by atoms with van der Waals surface area (Å²) in [5, 5.41) is 7.10. The lowest BCUT2D eigenvalue weighted by Gasteiger charge is -2.17. The molecular formula is C24H25N3O2. The third-order valence-corrected chi connectivity index (χ3v) is 6.16. The molecule has 3 N–H and O–H groups in total. The van der Waals surface area contributed by atoms with Gasteiger partial charge >= 0.3 is 0 Å². The molecule has 1 aromatic heterocycles. The van der Waals surface area contributed by atoms with Gasteiger partial charge in [0.2, 0.25) is 11.8 Å². The molecule has 5 nitrogen and oxygen atoms in total. The van der Waals surface area contributed by atoms with Crippen molar-refractivity contribution in [2.75, 3.05) is 10.6 Å². The molecule has 2 aromatic carbocycles. The molecule has 1 fully saturated rings. The monoisotopic (exact) mass is 387 g/mol. The molecule has 2 aliphatic rings. The molecule has 5 heteroatoms. The van der Waals surface area contributed by atoms with E-state index in [2.05, 4.69) is 42.5 Å². The quantitative estimate of drug-likeness (QED) is 0.613. The number of nitrogens with one attached hydrogen (secondary N) is 3. The van der Waals surface area contributed by atoms with Gasteiger partial charge in [-0.05, 0) is 54.3 Å². The van der Waals surface area contributed by atoms with Crippen LogP contribution in [0.4, 0.5) is 11.4 Å². The fourth-order valence-corrected chi connectivity index (χ4v) is 4.15. The standard InChI is InChI=1S/C24H25N3O2/c1-23(2,3)20-11-15-10-17(6-7-18(15)26-20)25-22(29)24(8-9-24)16-5-4-14-12-21(28)27-19(14)13-16/h4-7,10-11,13,26H,8-9,12H2,1-3H3,(H,25,29)(H,27,28). The van der Waals surface area contributed by atoms with Crippen molar-refractivity contribution in [3.05, 3.63) is 59.3 Å². The van der Waals surface area contributed by atoms with Crippen molar-refractivity contribution in [2.24, 2.45) is 0 Å². The first-order chi connectivity index (χ1) is 13.7. The lowest BCUT2D eigenvalue weighted by Crippen LogP contribution is -2.27. The number of benzene rings is 2. The van der Waals surface area contributed by atoms with Gasteiger partial charge in [-0.15, -0.1) is 0 Å². The number of aromatic amines is 1. The van der Waals surface area contributed by atoms with Gasteiger partial charge in [0.1, 0.15) is 0 Å². The fourth-order valence-electron chi connectivity index (χ4n) is 4.15. The number of hydrogen-bond donors (Lipinski definition) is 3. The molecule has 29 heavy (non-hydrogen) atoms. The lowest BCUT2D eigenvalue weighted by molar-refractivity contribution is -0.118. The van der Waals surface area contributed by atoms with Crippen molar-refractivity contribution in [1.29, 1.82) is 0 Å². The van der Waals surface area contributed by atoms with E-state index in [1.54, 1.807) is 0 Å². The summed E-state index contributed by atoms with van der Waals surface area (Å²) < 4.78 is 0. The van der Waals surface area contributed by atoms with Crippen LogP contribution < -0.4 is 10.6 Å². The minimum Gasteiger partial charge on any atom is -0.358 e. The van der Waals surface area contributed by atoms with Gasteiger partial charge in [0.15, 0.2) is 0 Å². The summed E-state index contributed by atoms with van der Waals surface area (Å²) in [6.07, 6.45) is 2.07. The summed E-state index contributed by atoms with van der Waals surface area (Å²) in [6, 6.07) is 14.1. The van der Waals surface area contributed by atoms with Crippen LogP contribution in [0.25, 0.3) is 10.9 Å². The summed E-state index contributed by atoms with van der Waals surface area (Å²) >= 11 is 0. The zero-order valence-electron chi connectivity index (χ0n) is 17.0. The largest absolute Gasteiger partial charge is 0.358 e. The van der Waals surface area contributed by atoms with Gasteiger partial charge in [-0.3, -0.25) is 9.59 Å². The number of carbonyl (C=O) groups is 2. The van der Waals surface area contributed by atoms with Crippen molar-refractivity contribution in [1.82, 2.24) is 4.98 Å². The fraction of sp³-hybridized carbons (Fsp3) is 0.333. The van der Waals surface area contributed by atoms with E-state index in [9.17, 15) is 9.59 Å². The maximum atomic E-state index is 13.2. The maximum absolute atomic E-state index is 13.2. The highest BCUT2D eigenvalue weighted by Crippen LogP contribution is 2.50. The maximum Gasteiger partial charge on any atom is 0.235 e. The van der Waals surface area contributed by atoms with Gasteiger partial charge in [0, 0.05) is 33.4 Å². The molecule has 0 bridgehead atoms. The summed E-state index contributed by atoms with van der Waals surface area (Å²) in [4.78, 5) is 28.3. The molecule has 2 heterocycles. The van der Waals surface area contributed by atoms with E-state index in [1.165, 1.54) is 5.69 Å². The van der Waals surface area contributed by atoms with Crippen LogP contribution in [0, 0.1) is 0 Å². The molecule has 5 rings (SSSR count). The number of rotatable bonds is 3. The van der Waals surface area contributed by atoms with Crippen LogP contribution in [0.5, 0.6) is 0 Å². The highest BCUT2D eigenvalue weighted by Gasteiger charge is 2.51. The third-order valence-electron chi connectivity index (χ3n) is 6.16. The Morgan fingerprint density at radius 1 is 1.07 bits per heavy atom. The summed E-state index contributed by atoms with van der Waals surface area (Å²) in [5.74, 6) is 0.0357. The number of hydrogen-bond acceptors (Lipinski definition) is 2. The van der Waals surface area contributed by atoms with Crippen LogP contribution in [0.2, 0.25) is 0 Å². The summed E-state index contributed by atoms with van der Waals surface area (Å²) in [5.41, 5.74) is 5.43. The van der Waals surface area contributed by atoms with E-state index in [-0.39, 0.29) is 17.2 Å². The highest BCUT2D eigenvalue weighted by atomic mass is 16.2. The molecule has 1 saturated carbocycles. The van der Waals surface area contributed by atoms with E-state index in [0.29, 0.717) is 6.42 Å². The van der Waals surface area contributed by atoms with Crippen molar-refractivity contribution in [3.8, 4) is 0 Å². The predicted octanol–water partition coefficient (Wildman–Crippen LogP) is 4.63. The van der Waals surface area contributed by atoms with Crippen LogP contribution >= 0.6 is 0 Å². The zero-order valence-corrected chi connectivity index (χ0v) is 17.0. The molecule has 3 aromatic rings. The minimum atomic E-state index is -0.494. The molecule has 148 valence electrons. The summed E-state index contributed by atoms with van der Waals surface area (Å²) in [7, 11) is 0. The smallest absolute Gasteiger partial charge is 0.235 e. The van der Waals surface area contributed by atoms with Gasteiger partial charge in [-0.2, -0.15) is 0 Å². The van der Waals surface area contributed by atoms with Crippen LogP contribution in [0.1, 0.15) is 50.4 Å². The Hall–Kier alpha value is -3.08. The van der Waals surface area contributed by atoms with Crippen molar-refractivity contribution >= 4 is 34.1 Å². The Morgan fingerprint density at radius 2 is 1.86 bits per heavy atom. The first-order valence-electron chi connectivity index (χ1n) is 10.1. The SMILES string of the molecule is CC(C)(C)c1cc2cc(NC(=O)C3(c4ccc5c(c4)NC(=O)C5)CC3)ccc2[nH]1. The molecule has 0 spiro atoms. The highest BCUT2D eigenvalue weighted by molar-refractivity contribution is 6.04. The Morgan fingerprint density at radius 3 is 2.59 bits per heavy atom. The molecule has 2 amide bonds. The number of aromatic nitrogens is 1. The van der Waals surface area contributed by atoms with Crippen LogP contribution in [-0.4, -0.2) is 16.8 Å². The van der Waals surface area contributed by atoms with E-state index < -0.39 is 5.41 Å². The Balaban J connectivity index is 1.40. The van der Waals surface area contributed by atoms with Crippen LogP contribution in [0.15, 0.2) is 42.5 Å². The van der Waals surface area contributed by atoms with Gasteiger partial charge in [-0.1, -0.05) is 32.9 Å². The van der Waals surface area contributed by atoms with Crippen molar-refractivity contribution < 1.29 is 9.59 Å². The third kappa shape index (κ3) is 3.01. The van der Waals surface area contributed by atoms with E-state index >= 15 is 0 Å². The number of H-pyrrole nitrogens is 1. The van der Waals surface area contributed by atoms with Crippen LogP contribution in [0.3, 0.4) is 0 Å². The number of anilines is 2. The van der Waals surface area contributed by atoms with Gasteiger partial charge in [-0.25, -0.2) is 0 Å². The zero-order chi connectivity index (χ0) is 20.4. The Kier molecular flexibility index (Phi) is 3.69. The predicted molar refractivity (Wildman–Crippen MR) is 115 cm³/mol. The van der Waals surface area contributed by atoms with Gasteiger partial charge in [0.05, 0.1) is 11.8 Å². The molecule has 1 aliphatic heterocycles. The Bertz CT molecular complexity index is 1160. The average molecular weight is 387 g/mol. The lowest BCUT2D eigenvalue weighted by atomic mass is 9.92. The normalized spacial score (nSPS) is 17.1. The second kappa shape index (κ2) is 5.96. The second-order valence-electron chi connectivity index (χ2n) is 9.37. The Labute approximate surface area is 169 Å². The molecule has 0 unspecified atom stereocenters. The van der Waals surface area contributed by atoms with E-state index in [0.717, 1.165) is 46.2 Å². The average Bonchev–Trinajstić information content (AvgIpc) is 3.21. The molecule has 0 saturated heterocycles. The topological polar surface area (TPSA) is 74.0 Å². The van der Waals surface area contributed by atoms with Gasteiger partial charge < -0.3 is 15.6 Å². The second-order valence-corrected chi connectivity index (χ2v) is 9.37. The summed E-state index contributed by atoms with van der Waals surface area (Å²) in [6.45, 7) is 6.53. The number of fused-ring (bicyclic) bond motifs is 2. The van der Waals surface area contributed by atoms with Crippen molar-refractivity contribution in [2.45, 2.75) is 50.9 Å². The van der Waals surface area contributed by atoms with E-state index in [4.69, 9.17) is 0 Å². The first-order valence-corrected chi connectivity index (χ1v) is 10.1. The number of amides is 2. The minimum absolute atomic E-state index is 0.0147. The molecule has 0 atom stereocenters. The van der Waals surface area contributed by atoms with E-state index in [1.807, 2.05) is 36.4 Å². The first kappa shape index (κ1) is 18.0.